The molecule has 3 heterocycles. The van der Waals surface area contributed by atoms with Crippen LogP contribution in [0.3, 0.4) is 0 Å². The van der Waals surface area contributed by atoms with E-state index in [0.717, 1.165) is 82.9 Å². The summed E-state index contributed by atoms with van der Waals surface area (Å²) >= 11 is 0. The number of Topliss-reactive ketones (excluding diaryl/α,β-unsaturated/α-hetero) is 2. The first-order valence-corrected chi connectivity index (χ1v) is 20.2. The molecule has 9 rings (SSSR count). The molecule has 3 aliphatic heterocycles. The Morgan fingerprint density at radius 2 is 1.51 bits per heavy atom. The normalized spacial score (nSPS) is 24.4. The standard InChI is InChI=1S/C46H50N4O5/c51-37-12-16-41-33(27-37)8-14-40(31-4-2-1-3-5-31)45(41)32-6-9-35(10-7-32)49-19-18-39(30-49)55-25-24-47-20-22-48(23-21-47)36-11-15-42-34(26-36)29-50(46(42)54)43-17-13-38(52)28-44(43)53/h1-7,9-12,15-16,26-27,39-40,43,45,51H,8,13-14,17-25,28-30H2/t39-,40+,43?,45-/m1/s1. The molecule has 4 aromatic rings. The third kappa shape index (κ3) is 7.28. The van der Waals surface area contributed by atoms with Crippen LogP contribution < -0.4 is 9.80 Å². The van der Waals surface area contributed by atoms with Crippen LogP contribution in [-0.2, 0) is 27.3 Å². The van der Waals surface area contributed by atoms with Gasteiger partial charge in [-0.15, -0.1) is 0 Å². The number of fused-ring (bicyclic) bond motifs is 2. The topological polar surface area (TPSA) is 93.6 Å². The molecule has 1 saturated carbocycles. The molecule has 1 N–H and O–H groups in total. The van der Waals surface area contributed by atoms with E-state index in [0.29, 0.717) is 36.6 Å². The Bertz CT molecular complexity index is 2060. The SMILES string of the molecule is O=C1CCC(N2Cc3cc(N4CCN(CCO[C@@H]5CCN(c6ccc([C@H]7c8ccc(O)cc8CC[C@H]7c7ccccc7)cc6)C5)CC4)ccc3C2=O)C(=O)C1. The average molecular weight is 739 g/mol. The summed E-state index contributed by atoms with van der Waals surface area (Å²) in [6, 6.07) is 31.6. The minimum atomic E-state index is -0.483. The van der Waals surface area contributed by atoms with Crippen LogP contribution in [0.1, 0.15) is 82.1 Å². The predicted octanol–water partition coefficient (Wildman–Crippen LogP) is 6.32. The number of hydrogen-bond donors (Lipinski definition) is 1. The smallest absolute Gasteiger partial charge is 0.255 e. The van der Waals surface area contributed by atoms with Crippen LogP contribution in [0.5, 0.6) is 5.75 Å². The van der Waals surface area contributed by atoms with E-state index >= 15 is 0 Å². The first-order chi connectivity index (χ1) is 26.9. The highest BCUT2D eigenvalue weighted by atomic mass is 16.5. The van der Waals surface area contributed by atoms with Gasteiger partial charge >= 0.3 is 0 Å². The number of aryl methyl sites for hydroxylation is 1. The van der Waals surface area contributed by atoms with Gasteiger partial charge in [0.25, 0.3) is 5.91 Å². The number of carbonyl (C=O) groups is 3. The number of amides is 1. The van der Waals surface area contributed by atoms with Crippen LogP contribution in [0, 0.1) is 0 Å². The number of aromatic hydroxyl groups is 1. The zero-order valence-corrected chi connectivity index (χ0v) is 31.4. The summed E-state index contributed by atoms with van der Waals surface area (Å²) in [6.07, 6.45) is 4.02. The van der Waals surface area contributed by atoms with Gasteiger partial charge in [0.05, 0.1) is 25.2 Å². The van der Waals surface area contributed by atoms with E-state index in [-0.39, 0.29) is 35.9 Å². The lowest BCUT2D eigenvalue weighted by atomic mass is 9.69. The van der Waals surface area contributed by atoms with E-state index < -0.39 is 6.04 Å². The minimum absolute atomic E-state index is 0.0235. The number of ketones is 2. The number of rotatable bonds is 9. The van der Waals surface area contributed by atoms with Crippen LogP contribution >= 0.6 is 0 Å². The summed E-state index contributed by atoms with van der Waals surface area (Å²) in [5, 5.41) is 10.2. The summed E-state index contributed by atoms with van der Waals surface area (Å²) in [7, 11) is 0. The lowest BCUT2D eigenvalue weighted by molar-refractivity contribution is -0.133. The molecule has 2 aliphatic carbocycles. The lowest BCUT2D eigenvalue weighted by Crippen LogP contribution is -2.47. The van der Waals surface area contributed by atoms with Crippen LogP contribution in [-0.4, -0.2) is 96.9 Å². The quantitative estimate of drug-likeness (QED) is 0.200. The monoisotopic (exact) mass is 738 g/mol. The Kier molecular flexibility index (Phi) is 9.91. The number of nitrogens with zero attached hydrogens (tertiary/aromatic N) is 4. The van der Waals surface area contributed by atoms with Crippen molar-refractivity contribution in [3.63, 3.8) is 0 Å². The molecule has 0 aromatic heterocycles. The summed E-state index contributed by atoms with van der Waals surface area (Å²) < 4.78 is 6.44. The number of anilines is 2. The number of hydrogen-bond acceptors (Lipinski definition) is 8. The Morgan fingerprint density at radius 1 is 0.709 bits per heavy atom. The Morgan fingerprint density at radius 3 is 2.31 bits per heavy atom. The lowest BCUT2D eigenvalue weighted by Gasteiger charge is -2.36. The first-order valence-electron chi connectivity index (χ1n) is 20.2. The van der Waals surface area contributed by atoms with E-state index in [2.05, 4.69) is 81.4 Å². The van der Waals surface area contributed by atoms with Crippen molar-refractivity contribution in [1.82, 2.24) is 9.80 Å². The second-order valence-corrected chi connectivity index (χ2v) is 16.1. The van der Waals surface area contributed by atoms with Gasteiger partial charge in [-0.25, -0.2) is 0 Å². The Labute approximate surface area is 323 Å². The molecule has 284 valence electrons. The molecule has 55 heavy (non-hydrogen) atoms. The number of benzene rings is 4. The third-order valence-electron chi connectivity index (χ3n) is 12.8. The molecule has 0 bridgehead atoms. The third-order valence-corrected chi connectivity index (χ3v) is 12.8. The highest BCUT2D eigenvalue weighted by molar-refractivity contribution is 6.07. The van der Waals surface area contributed by atoms with Gasteiger partial charge in [-0.05, 0) is 102 Å². The van der Waals surface area contributed by atoms with Crippen molar-refractivity contribution in [3.05, 3.63) is 124 Å². The number of piperazine rings is 1. The van der Waals surface area contributed by atoms with E-state index in [1.54, 1.807) is 4.90 Å². The van der Waals surface area contributed by atoms with Crippen molar-refractivity contribution in [1.29, 1.82) is 0 Å². The fraction of sp³-hybridized carbons (Fsp3) is 0.413. The second kappa shape index (κ2) is 15.3. The van der Waals surface area contributed by atoms with Crippen molar-refractivity contribution >= 4 is 28.8 Å². The molecule has 4 aromatic carbocycles. The van der Waals surface area contributed by atoms with Crippen LogP contribution in [0.4, 0.5) is 11.4 Å². The maximum Gasteiger partial charge on any atom is 0.255 e. The first kappa shape index (κ1) is 35.7. The van der Waals surface area contributed by atoms with E-state index in [1.165, 1.54) is 27.9 Å². The minimum Gasteiger partial charge on any atom is -0.508 e. The van der Waals surface area contributed by atoms with Crippen molar-refractivity contribution < 1.29 is 24.2 Å². The maximum atomic E-state index is 13.1. The average Bonchev–Trinajstić information content (AvgIpc) is 3.82. The van der Waals surface area contributed by atoms with Crippen molar-refractivity contribution in [2.24, 2.45) is 0 Å². The summed E-state index contributed by atoms with van der Waals surface area (Å²) in [6.45, 7) is 7.68. The van der Waals surface area contributed by atoms with Gasteiger partial charge < -0.3 is 24.5 Å². The summed E-state index contributed by atoms with van der Waals surface area (Å²) in [5.41, 5.74) is 9.28. The predicted molar refractivity (Wildman–Crippen MR) is 213 cm³/mol. The molecule has 4 atom stereocenters. The molecule has 5 aliphatic rings. The van der Waals surface area contributed by atoms with Crippen LogP contribution in [0.15, 0.2) is 91.0 Å². The van der Waals surface area contributed by atoms with Gasteiger partial charge in [0.1, 0.15) is 11.5 Å². The molecule has 2 saturated heterocycles. The molecular weight excluding hydrogens is 689 g/mol. The summed E-state index contributed by atoms with van der Waals surface area (Å²) in [4.78, 5) is 46.4. The molecular formula is C46H50N4O5. The molecule has 1 amide bonds. The van der Waals surface area contributed by atoms with Gasteiger partial charge in [-0.3, -0.25) is 19.3 Å². The maximum absolute atomic E-state index is 13.1. The number of phenolic OH excluding ortho intramolecular Hbond substituents is 1. The molecule has 9 heteroatoms. The second-order valence-electron chi connectivity index (χ2n) is 16.1. The van der Waals surface area contributed by atoms with Crippen molar-refractivity contribution in [2.45, 2.75) is 69.1 Å². The molecule has 9 nitrogen and oxygen atoms in total. The fourth-order valence-corrected chi connectivity index (χ4v) is 9.81. The zero-order valence-electron chi connectivity index (χ0n) is 31.4. The highest BCUT2D eigenvalue weighted by Crippen LogP contribution is 2.47. The Balaban J connectivity index is 0.753. The van der Waals surface area contributed by atoms with E-state index in [9.17, 15) is 19.5 Å². The summed E-state index contributed by atoms with van der Waals surface area (Å²) in [5.74, 6) is 0.737. The van der Waals surface area contributed by atoms with Gasteiger partial charge in [0, 0.05) is 81.6 Å². The number of ether oxygens (including phenoxy) is 1. The van der Waals surface area contributed by atoms with E-state index in [1.807, 2.05) is 24.3 Å². The van der Waals surface area contributed by atoms with Crippen molar-refractivity contribution in [3.8, 4) is 5.75 Å². The van der Waals surface area contributed by atoms with Gasteiger partial charge in [-0.2, -0.15) is 0 Å². The van der Waals surface area contributed by atoms with Gasteiger partial charge in [-0.1, -0.05) is 48.5 Å². The molecule has 0 spiro atoms. The highest BCUT2D eigenvalue weighted by Gasteiger charge is 2.39. The number of carbonyl (C=O) groups excluding carboxylic acids is 3. The van der Waals surface area contributed by atoms with E-state index in [4.69, 9.17) is 4.74 Å². The van der Waals surface area contributed by atoms with Crippen LogP contribution in [0.2, 0.25) is 0 Å². The van der Waals surface area contributed by atoms with Gasteiger partial charge in [0.2, 0.25) is 0 Å². The van der Waals surface area contributed by atoms with Crippen molar-refractivity contribution in [2.75, 3.05) is 62.2 Å². The number of phenols is 1. The Hall–Kier alpha value is -4.99. The largest absolute Gasteiger partial charge is 0.508 e. The zero-order chi connectivity index (χ0) is 37.5. The molecule has 1 unspecified atom stereocenters. The molecule has 0 radical (unpaired) electrons. The van der Waals surface area contributed by atoms with Gasteiger partial charge in [0.15, 0.2) is 5.78 Å². The molecule has 3 fully saturated rings. The van der Waals surface area contributed by atoms with Crippen LogP contribution in [0.25, 0.3) is 0 Å². The fourth-order valence-electron chi connectivity index (χ4n) is 9.81.